The van der Waals surface area contributed by atoms with E-state index >= 15 is 0 Å². The average Bonchev–Trinajstić information content (AvgIpc) is 2.02. The van der Waals surface area contributed by atoms with Gasteiger partial charge in [-0.15, -0.1) is 0 Å². The summed E-state index contributed by atoms with van der Waals surface area (Å²) >= 11 is 0. The van der Waals surface area contributed by atoms with E-state index in [1.807, 2.05) is 0 Å². The Labute approximate surface area is 75.4 Å². The van der Waals surface area contributed by atoms with Crippen molar-refractivity contribution in [1.82, 2.24) is 4.98 Å². The molecule has 1 heterocycles. The molecule has 1 aliphatic rings. The number of aliphatic hydroxyl groups excluding tert-OH is 1. The summed E-state index contributed by atoms with van der Waals surface area (Å²) in [4.78, 5) is 3.52. The number of aliphatic hydroxyl groups is 1. The van der Waals surface area contributed by atoms with E-state index in [4.69, 9.17) is 10.8 Å². The van der Waals surface area contributed by atoms with Gasteiger partial charge in [0, 0.05) is 11.8 Å². The first kappa shape index (κ1) is 8.59. The van der Waals surface area contributed by atoms with Gasteiger partial charge >= 0.3 is 0 Å². The molecular weight excluding hydrogens is 171 g/mol. The van der Waals surface area contributed by atoms with Gasteiger partial charge in [-0.2, -0.15) is 4.39 Å². The first-order valence-electron chi connectivity index (χ1n) is 4.20. The second-order valence-corrected chi connectivity index (χ2v) is 3.56. The van der Waals surface area contributed by atoms with E-state index in [2.05, 4.69) is 4.98 Å². The van der Waals surface area contributed by atoms with Crippen molar-refractivity contribution in [3.05, 3.63) is 29.8 Å². The molecule has 1 saturated carbocycles. The lowest BCUT2D eigenvalue weighted by atomic mass is 9.71. The fourth-order valence-corrected chi connectivity index (χ4v) is 1.76. The molecule has 13 heavy (non-hydrogen) atoms. The van der Waals surface area contributed by atoms with E-state index in [9.17, 15) is 4.39 Å². The van der Waals surface area contributed by atoms with Crippen molar-refractivity contribution in [3.63, 3.8) is 0 Å². The second kappa shape index (κ2) is 2.75. The van der Waals surface area contributed by atoms with Crippen LogP contribution in [0, 0.1) is 5.95 Å². The lowest BCUT2D eigenvalue weighted by molar-refractivity contribution is 0.0189. The first-order chi connectivity index (χ1) is 6.12. The van der Waals surface area contributed by atoms with Gasteiger partial charge in [0.05, 0.1) is 11.6 Å². The van der Waals surface area contributed by atoms with Crippen LogP contribution in [0.25, 0.3) is 0 Å². The van der Waals surface area contributed by atoms with Crippen molar-refractivity contribution in [2.24, 2.45) is 5.73 Å². The summed E-state index contributed by atoms with van der Waals surface area (Å²) in [6, 6.07) is 3.27. The number of rotatable bonds is 1. The Hall–Kier alpha value is -1.00. The summed E-state index contributed by atoms with van der Waals surface area (Å²) in [5.41, 5.74) is 5.57. The minimum absolute atomic E-state index is 0.399. The number of nitrogens with zero attached hydrogens (tertiary/aromatic N) is 1. The van der Waals surface area contributed by atoms with E-state index in [-0.39, 0.29) is 0 Å². The van der Waals surface area contributed by atoms with E-state index in [1.54, 1.807) is 12.1 Å². The molecule has 1 fully saturated rings. The predicted molar refractivity (Wildman–Crippen MR) is 45.3 cm³/mol. The van der Waals surface area contributed by atoms with E-state index in [1.165, 1.54) is 6.20 Å². The Bertz CT molecular complexity index is 323. The van der Waals surface area contributed by atoms with Crippen molar-refractivity contribution in [1.29, 1.82) is 0 Å². The fourth-order valence-electron chi connectivity index (χ4n) is 1.76. The van der Waals surface area contributed by atoms with Crippen LogP contribution in [0.3, 0.4) is 0 Å². The standard InChI is InChI=1S/C9H11FN2O/c10-8-7(2-1-3-12-8)9(11)4-6(13)5-9/h1-3,6,13H,4-5,11H2. The number of hydrogen-bond acceptors (Lipinski definition) is 3. The van der Waals surface area contributed by atoms with Crippen molar-refractivity contribution in [2.45, 2.75) is 24.5 Å². The van der Waals surface area contributed by atoms with Crippen LogP contribution in [0.5, 0.6) is 0 Å². The normalized spacial score (nSPS) is 32.7. The molecule has 70 valence electrons. The zero-order chi connectivity index (χ0) is 9.47. The Morgan fingerprint density at radius 3 is 2.85 bits per heavy atom. The molecular formula is C9H11FN2O. The highest BCUT2D eigenvalue weighted by Crippen LogP contribution is 2.39. The van der Waals surface area contributed by atoms with Crippen LogP contribution in [0.1, 0.15) is 18.4 Å². The minimum atomic E-state index is -0.711. The molecule has 1 aromatic rings. The van der Waals surface area contributed by atoms with E-state index in [0.29, 0.717) is 18.4 Å². The summed E-state index contributed by atoms with van der Waals surface area (Å²) in [7, 11) is 0. The molecule has 3 nitrogen and oxygen atoms in total. The van der Waals surface area contributed by atoms with E-state index in [0.717, 1.165) is 0 Å². The topological polar surface area (TPSA) is 59.1 Å². The Balaban J connectivity index is 2.31. The maximum absolute atomic E-state index is 13.2. The number of nitrogens with two attached hydrogens (primary N) is 1. The molecule has 3 N–H and O–H groups in total. The summed E-state index contributed by atoms with van der Waals surface area (Å²) in [6.07, 6.45) is 1.81. The SMILES string of the molecule is NC1(c2cccnc2F)CC(O)C1. The Kier molecular flexibility index (Phi) is 1.82. The molecule has 0 spiro atoms. The smallest absolute Gasteiger partial charge is 0.217 e. The quantitative estimate of drug-likeness (QED) is 0.623. The summed E-state index contributed by atoms with van der Waals surface area (Å²) in [6.45, 7) is 0. The van der Waals surface area contributed by atoms with Crippen LogP contribution in [0.2, 0.25) is 0 Å². The Morgan fingerprint density at radius 1 is 1.62 bits per heavy atom. The molecule has 0 amide bonds. The molecule has 0 radical (unpaired) electrons. The molecule has 0 atom stereocenters. The van der Waals surface area contributed by atoms with Gasteiger partial charge < -0.3 is 10.8 Å². The largest absolute Gasteiger partial charge is 0.393 e. The van der Waals surface area contributed by atoms with Crippen LogP contribution in [0.15, 0.2) is 18.3 Å². The van der Waals surface area contributed by atoms with Crippen LogP contribution in [0.4, 0.5) is 4.39 Å². The molecule has 0 unspecified atom stereocenters. The zero-order valence-corrected chi connectivity index (χ0v) is 7.07. The van der Waals surface area contributed by atoms with Gasteiger partial charge in [-0.25, -0.2) is 4.98 Å². The number of halogens is 1. The summed E-state index contributed by atoms with van der Waals surface area (Å²) in [5.74, 6) is -0.531. The van der Waals surface area contributed by atoms with Gasteiger partial charge in [0.25, 0.3) is 0 Å². The monoisotopic (exact) mass is 182 g/mol. The van der Waals surface area contributed by atoms with Gasteiger partial charge in [-0.05, 0) is 18.9 Å². The van der Waals surface area contributed by atoms with Crippen molar-refractivity contribution >= 4 is 0 Å². The van der Waals surface area contributed by atoms with Crippen LogP contribution < -0.4 is 5.73 Å². The maximum atomic E-state index is 13.2. The maximum Gasteiger partial charge on any atom is 0.217 e. The number of hydrogen-bond donors (Lipinski definition) is 2. The third kappa shape index (κ3) is 1.32. The van der Waals surface area contributed by atoms with Crippen molar-refractivity contribution < 1.29 is 9.50 Å². The minimum Gasteiger partial charge on any atom is -0.393 e. The van der Waals surface area contributed by atoms with Gasteiger partial charge in [-0.1, -0.05) is 6.07 Å². The van der Waals surface area contributed by atoms with Gasteiger partial charge in [-0.3, -0.25) is 0 Å². The third-order valence-electron chi connectivity index (χ3n) is 2.50. The van der Waals surface area contributed by atoms with Gasteiger partial charge in [0.1, 0.15) is 0 Å². The summed E-state index contributed by atoms with van der Waals surface area (Å²) < 4.78 is 13.2. The van der Waals surface area contributed by atoms with Gasteiger partial charge in [0.15, 0.2) is 0 Å². The molecule has 1 aliphatic carbocycles. The molecule has 0 bridgehead atoms. The number of pyridine rings is 1. The van der Waals surface area contributed by atoms with Crippen LogP contribution >= 0.6 is 0 Å². The molecule has 0 aromatic carbocycles. The molecule has 2 rings (SSSR count). The lowest BCUT2D eigenvalue weighted by Gasteiger charge is -2.42. The molecule has 4 heteroatoms. The average molecular weight is 182 g/mol. The first-order valence-corrected chi connectivity index (χ1v) is 4.20. The predicted octanol–water partition coefficient (Wildman–Crippen LogP) is 0.529. The van der Waals surface area contributed by atoms with E-state index < -0.39 is 17.6 Å². The highest BCUT2D eigenvalue weighted by Gasteiger charge is 2.43. The van der Waals surface area contributed by atoms with Gasteiger partial charge in [0.2, 0.25) is 5.95 Å². The Morgan fingerprint density at radius 2 is 2.31 bits per heavy atom. The fraction of sp³-hybridized carbons (Fsp3) is 0.444. The van der Waals surface area contributed by atoms with Crippen molar-refractivity contribution in [3.8, 4) is 0 Å². The third-order valence-corrected chi connectivity index (χ3v) is 2.50. The molecule has 1 aromatic heterocycles. The second-order valence-electron chi connectivity index (χ2n) is 3.56. The van der Waals surface area contributed by atoms with Crippen LogP contribution in [-0.2, 0) is 5.54 Å². The van der Waals surface area contributed by atoms with Crippen LogP contribution in [-0.4, -0.2) is 16.2 Å². The highest BCUT2D eigenvalue weighted by atomic mass is 19.1. The highest BCUT2D eigenvalue weighted by molar-refractivity contribution is 5.25. The molecule has 0 saturated heterocycles. The summed E-state index contributed by atoms with van der Waals surface area (Å²) in [5, 5.41) is 9.11. The number of aromatic nitrogens is 1. The molecule has 0 aliphatic heterocycles. The van der Waals surface area contributed by atoms with Crippen molar-refractivity contribution in [2.75, 3.05) is 0 Å². The zero-order valence-electron chi connectivity index (χ0n) is 7.07. The lowest BCUT2D eigenvalue weighted by Crippen LogP contribution is -2.52.